The third-order valence-corrected chi connectivity index (χ3v) is 4.71. The van der Waals surface area contributed by atoms with Gasteiger partial charge in [0.1, 0.15) is 5.69 Å². The molecule has 0 aliphatic carbocycles. The summed E-state index contributed by atoms with van der Waals surface area (Å²) < 4.78 is 38.1. The first kappa shape index (κ1) is 15.8. The molecule has 1 N–H and O–H groups in total. The molecular formula is C13H13IN2O4S. The summed E-state index contributed by atoms with van der Waals surface area (Å²) in [6.07, 6.45) is 0. The minimum atomic E-state index is -3.70. The number of methoxy groups -OCH3 is 2. The van der Waals surface area contributed by atoms with Crippen LogP contribution >= 0.6 is 22.6 Å². The molecule has 0 radical (unpaired) electrons. The van der Waals surface area contributed by atoms with Gasteiger partial charge in [0.25, 0.3) is 10.0 Å². The third kappa shape index (κ3) is 3.76. The van der Waals surface area contributed by atoms with Gasteiger partial charge in [-0.1, -0.05) is 0 Å². The van der Waals surface area contributed by atoms with Gasteiger partial charge in [0.15, 0.2) is 0 Å². The van der Waals surface area contributed by atoms with Crippen LogP contribution in [0.2, 0.25) is 0 Å². The second kappa shape index (κ2) is 6.48. The van der Waals surface area contributed by atoms with Crippen molar-refractivity contribution in [2.75, 3.05) is 18.9 Å². The lowest BCUT2D eigenvalue weighted by Crippen LogP contribution is -2.14. The molecule has 0 fully saturated rings. The number of benzene rings is 1. The molecule has 0 aliphatic rings. The number of pyridine rings is 1. The maximum absolute atomic E-state index is 12.3. The summed E-state index contributed by atoms with van der Waals surface area (Å²) in [6.45, 7) is 0. The van der Waals surface area contributed by atoms with Crippen molar-refractivity contribution in [3.05, 3.63) is 40.0 Å². The summed E-state index contributed by atoms with van der Waals surface area (Å²) in [7, 11) is -0.820. The first-order valence-electron chi connectivity index (χ1n) is 5.83. The van der Waals surface area contributed by atoms with Crippen molar-refractivity contribution in [3.8, 4) is 11.8 Å². The number of aromatic nitrogens is 1. The largest absolute Gasteiger partial charge is 0.481 e. The summed E-state index contributed by atoms with van der Waals surface area (Å²) in [5.74, 6) is 0.479. The fraction of sp³-hybridized carbons (Fsp3) is 0.154. The summed E-state index contributed by atoms with van der Waals surface area (Å²) in [5.41, 5.74) is 0.247. The highest BCUT2D eigenvalue weighted by Crippen LogP contribution is 2.27. The molecular weight excluding hydrogens is 407 g/mol. The highest BCUT2D eigenvalue weighted by molar-refractivity contribution is 14.1. The first-order chi connectivity index (χ1) is 9.96. The molecule has 0 spiro atoms. The van der Waals surface area contributed by atoms with Gasteiger partial charge in [-0.25, -0.2) is 8.42 Å². The number of anilines is 1. The monoisotopic (exact) mass is 420 g/mol. The minimum absolute atomic E-state index is 0.142. The highest BCUT2D eigenvalue weighted by Gasteiger charge is 2.17. The van der Waals surface area contributed by atoms with Gasteiger partial charge in [0, 0.05) is 9.64 Å². The number of rotatable bonds is 5. The van der Waals surface area contributed by atoms with Crippen molar-refractivity contribution in [2.24, 2.45) is 0 Å². The molecule has 0 atom stereocenters. The number of sulfonamides is 1. The molecule has 1 aromatic carbocycles. The van der Waals surface area contributed by atoms with Crippen LogP contribution in [0.5, 0.6) is 11.8 Å². The Hall–Kier alpha value is -1.55. The van der Waals surface area contributed by atoms with E-state index in [1.807, 2.05) is 0 Å². The van der Waals surface area contributed by atoms with Gasteiger partial charge in [-0.05, 0) is 52.9 Å². The Morgan fingerprint density at radius 3 is 2.29 bits per heavy atom. The number of ether oxygens (including phenoxy) is 2. The molecule has 0 unspecified atom stereocenters. The van der Waals surface area contributed by atoms with E-state index in [1.165, 1.54) is 32.4 Å². The third-order valence-electron chi connectivity index (χ3n) is 2.61. The van der Waals surface area contributed by atoms with Gasteiger partial charge in [-0.2, -0.15) is 4.98 Å². The predicted octanol–water partition coefficient (Wildman–Crippen LogP) is 2.50. The zero-order valence-corrected chi connectivity index (χ0v) is 14.3. The van der Waals surface area contributed by atoms with E-state index in [4.69, 9.17) is 9.47 Å². The molecule has 0 aliphatic heterocycles. The van der Waals surface area contributed by atoms with Gasteiger partial charge in [-0.3, -0.25) is 4.72 Å². The van der Waals surface area contributed by atoms with E-state index in [-0.39, 0.29) is 16.5 Å². The molecule has 1 aromatic heterocycles. The predicted molar refractivity (Wildman–Crippen MR) is 87.3 cm³/mol. The molecule has 6 nitrogen and oxygen atoms in total. The molecule has 2 aromatic rings. The topological polar surface area (TPSA) is 77.5 Å². The van der Waals surface area contributed by atoms with Crippen molar-refractivity contribution >= 4 is 38.3 Å². The fourth-order valence-electron chi connectivity index (χ4n) is 1.59. The Bertz CT molecular complexity index is 732. The van der Waals surface area contributed by atoms with Crippen LogP contribution in [0.15, 0.2) is 41.3 Å². The lowest BCUT2D eigenvalue weighted by Gasteiger charge is -2.12. The van der Waals surface area contributed by atoms with E-state index >= 15 is 0 Å². The SMILES string of the molecule is COc1ccc(NS(=O)(=O)c2ccc(I)cc2)c(OC)n1. The van der Waals surface area contributed by atoms with Crippen LogP contribution in [0.25, 0.3) is 0 Å². The summed E-state index contributed by atoms with van der Waals surface area (Å²) in [6, 6.07) is 9.60. The second-order valence-electron chi connectivity index (χ2n) is 3.97. The van der Waals surface area contributed by atoms with E-state index in [0.29, 0.717) is 5.88 Å². The number of hydrogen-bond acceptors (Lipinski definition) is 5. The van der Waals surface area contributed by atoms with E-state index in [1.54, 1.807) is 18.2 Å². The Kier molecular flexibility index (Phi) is 4.88. The second-order valence-corrected chi connectivity index (χ2v) is 6.90. The lowest BCUT2D eigenvalue weighted by molar-refractivity contribution is 0.366. The maximum atomic E-state index is 12.3. The van der Waals surface area contributed by atoms with Gasteiger partial charge in [0.2, 0.25) is 11.8 Å². The van der Waals surface area contributed by atoms with Gasteiger partial charge < -0.3 is 9.47 Å². The lowest BCUT2D eigenvalue weighted by atomic mass is 10.4. The Labute approximate surface area is 136 Å². The highest BCUT2D eigenvalue weighted by atomic mass is 127. The zero-order valence-electron chi connectivity index (χ0n) is 11.3. The van der Waals surface area contributed by atoms with Crippen molar-refractivity contribution < 1.29 is 17.9 Å². The Morgan fingerprint density at radius 1 is 1.05 bits per heavy atom. The van der Waals surface area contributed by atoms with Gasteiger partial charge in [0.05, 0.1) is 19.1 Å². The van der Waals surface area contributed by atoms with Crippen molar-refractivity contribution in [1.29, 1.82) is 0 Å². The van der Waals surface area contributed by atoms with E-state index in [2.05, 4.69) is 32.3 Å². The van der Waals surface area contributed by atoms with Crippen molar-refractivity contribution in [1.82, 2.24) is 4.98 Å². The average molecular weight is 420 g/mol. The van der Waals surface area contributed by atoms with Crippen molar-refractivity contribution in [3.63, 3.8) is 0 Å². The summed E-state index contributed by atoms with van der Waals surface area (Å²) in [5, 5.41) is 0. The summed E-state index contributed by atoms with van der Waals surface area (Å²) >= 11 is 2.11. The molecule has 8 heteroatoms. The molecule has 1 heterocycles. The standard InChI is InChI=1S/C13H13IN2O4S/c1-19-12-8-7-11(13(15-12)20-2)16-21(17,18)10-5-3-9(14)4-6-10/h3-8,16H,1-2H3. The van der Waals surface area contributed by atoms with Crippen LogP contribution in [0.3, 0.4) is 0 Å². The number of halogens is 1. The quantitative estimate of drug-likeness (QED) is 0.753. The number of nitrogens with zero attached hydrogens (tertiary/aromatic N) is 1. The van der Waals surface area contributed by atoms with Crippen LogP contribution in [0, 0.1) is 3.57 Å². The van der Waals surface area contributed by atoms with Gasteiger partial charge >= 0.3 is 0 Å². The Balaban J connectivity index is 2.34. The molecule has 0 saturated heterocycles. The first-order valence-corrected chi connectivity index (χ1v) is 8.40. The molecule has 0 saturated carbocycles. The maximum Gasteiger partial charge on any atom is 0.262 e. The number of hydrogen-bond donors (Lipinski definition) is 1. The van der Waals surface area contributed by atoms with Crippen molar-refractivity contribution in [2.45, 2.75) is 4.90 Å². The zero-order chi connectivity index (χ0) is 15.5. The minimum Gasteiger partial charge on any atom is -0.481 e. The molecule has 2 rings (SSSR count). The van der Waals surface area contributed by atoms with E-state index in [9.17, 15) is 8.42 Å². The van der Waals surface area contributed by atoms with Crippen LogP contribution in [-0.2, 0) is 10.0 Å². The van der Waals surface area contributed by atoms with Crippen LogP contribution < -0.4 is 14.2 Å². The smallest absolute Gasteiger partial charge is 0.262 e. The van der Waals surface area contributed by atoms with Crippen LogP contribution in [0.1, 0.15) is 0 Å². The molecule has 0 amide bonds. The van der Waals surface area contributed by atoms with E-state index < -0.39 is 10.0 Å². The van der Waals surface area contributed by atoms with E-state index in [0.717, 1.165) is 3.57 Å². The van der Waals surface area contributed by atoms with Crippen LogP contribution in [-0.4, -0.2) is 27.6 Å². The molecule has 0 bridgehead atoms. The fourth-order valence-corrected chi connectivity index (χ4v) is 3.00. The molecule has 21 heavy (non-hydrogen) atoms. The summed E-state index contributed by atoms with van der Waals surface area (Å²) in [4.78, 5) is 4.20. The Morgan fingerprint density at radius 2 is 1.71 bits per heavy atom. The average Bonchev–Trinajstić information content (AvgIpc) is 2.47. The normalized spacial score (nSPS) is 11.0. The van der Waals surface area contributed by atoms with Gasteiger partial charge in [-0.15, -0.1) is 0 Å². The van der Waals surface area contributed by atoms with Crippen LogP contribution in [0.4, 0.5) is 5.69 Å². The number of nitrogens with one attached hydrogen (secondary N) is 1. The molecule has 112 valence electrons.